The second kappa shape index (κ2) is 7.05. The summed E-state index contributed by atoms with van der Waals surface area (Å²) in [5, 5.41) is 6.47. The van der Waals surface area contributed by atoms with E-state index >= 15 is 0 Å². The van der Waals surface area contributed by atoms with E-state index in [0.717, 1.165) is 5.56 Å². The Morgan fingerprint density at radius 2 is 1.92 bits per heavy atom. The molecule has 1 heterocycles. The first-order valence-corrected chi connectivity index (χ1v) is 8.80. The SMILES string of the molecule is CC(C)(C)C(=O)NC(=S)Nc1ccc2oc(-c3ccccc3Cl)nc2c1. The minimum absolute atomic E-state index is 0.154. The van der Waals surface area contributed by atoms with Crippen molar-refractivity contribution in [2.24, 2.45) is 5.41 Å². The average molecular weight is 388 g/mol. The molecule has 0 fully saturated rings. The first-order valence-electron chi connectivity index (χ1n) is 8.02. The predicted octanol–water partition coefficient (Wildman–Crippen LogP) is 5.01. The molecule has 5 nitrogen and oxygen atoms in total. The number of nitrogens with zero attached hydrogens (tertiary/aromatic N) is 1. The van der Waals surface area contributed by atoms with Gasteiger partial charge in [0.15, 0.2) is 10.7 Å². The molecule has 1 amide bonds. The Morgan fingerprint density at radius 3 is 2.62 bits per heavy atom. The van der Waals surface area contributed by atoms with Gasteiger partial charge in [0.2, 0.25) is 11.8 Å². The number of fused-ring (bicyclic) bond motifs is 1. The Hall–Kier alpha value is -2.44. The fourth-order valence-electron chi connectivity index (χ4n) is 2.21. The molecule has 3 rings (SSSR count). The zero-order valence-corrected chi connectivity index (χ0v) is 16.2. The zero-order chi connectivity index (χ0) is 18.9. The quantitative estimate of drug-likeness (QED) is 0.605. The first-order chi connectivity index (χ1) is 12.2. The summed E-state index contributed by atoms with van der Waals surface area (Å²) in [6.45, 7) is 5.47. The van der Waals surface area contributed by atoms with Gasteiger partial charge in [0, 0.05) is 11.1 Å². The minimum atomic E-state index is -0.522. The van der Waals surface area contributed by atoms with Gasteiger partial charge in [-0.2, -0.15) is 0 Å². The number of aromatic nitrogens is 1. The van der Waals surface area contributed by atoms with Crippen molar-refractivity contribution >= 4 is 51.6 Å². The van der Waals surface area contributed by atoms with Gasteiger partial charge < -0.3 is 15.1 Å². The Bertz CT molecular complexity index is 992. The summed E-state index contributed by atoms with van der Waals surface area (Å²) in [6.07, 6.45) is 0. The van der Waals surface area contributed by atoms with E-state index < -0.39 is 5.41 Å². The number of oxazole rings is 1. The summed E-state index contributed by atoms with van der Waals surface area (Å²) in [6, 6.07) is 12.8. The topological polar surface area (TPSA) is 67.2 Å². The molecule has 2 aromatic carbocycles. The van der Waals surface area contributed by atoms with Crippen LogP contribution < -0.4 is 10.6 Å². The van der Waals surface area contributed by atoms with E-state index in [1.165, 1.54) is 0 Å². The second-order valence-electron chi connectivity index (χ2n) is 6.84. The zero-order valence-electron chi connectivity index (χ0n) is 14.6. The molecule has 0 aliphatic rings. The summed E-state index contributed by atoms with van der Waals surface area (Å²) >= 11 is 11.4. The van der Waals surface area contributed by atoms with Crippen LogP contribution in [-0.2, 0) is 4.79 Å². The Balaban J connectivity index is 1.81. The highest BCUT2D eigenvalue weighted by Crippen LogP contribution is 2.30. The van der Waals surface area contributed by atoms with Crippen LogP contribution in [0.15, 0.2) is 46.9 Å². The maximum atomic E-state index is 12.0. The maximum Gasteiger partial charge on any atom is 0.231 e. The Morgan fingerprint density at radius 1 is 1.19 bits per heavy atom. The van der Waals surface area contributed by atoms with Gasteiger partial charge in [0.1, 0.15) is 5.52 Å². The van der Waals surface area contributed by atoms with E-state index in [1.807, 2.05) is 39.0 Å². The summed E-state index contributed by atoms with van der Waals surface area (Å²) < 4.78 is 5.78. The van der Waals surface area contributed by atoms with E-state index in [1.54, 1.807) is 24.3 Å². The molecule has 3 aromatic rings. The molecule has 0 radical (unpaired) electrons. The molecule has 0 spiro atoms. The lowest BCUT2D eigenvalue weighted by Gasteiger charge is -2.18. The molecular formula is C19H18ClN3O2S. The third-order valence-corrected chi connectivity index (χ3v) is 4.19. The van der Waals surface area contributed by atoms with Crippen molar-refractivity contribution in [2.45, 2.75) is 20.8 Å². The summed E-state index contributed by atoms with van der Waals surface area (Å²) in [4.78, 5) is 16.5. The number of rotatable bonds is 2. The van der Waals surface area contributed by atoms with Gasteiger partial charge in [-0.05, 0) is 42.5 Å². The Kier molecular flexibility index (Phi) is 4.98. The van der Waals surface area contributed by atoms with Gasteiger partial charge in [-0.15, -0.1) is 0 Å². The van der Waals surface area contributed by atoms with Gasteiger partial charge in [0.25, 0.3) is 0 Å². The molecule has 0 atom stereocenters. The van der Waals surface area contributed by atoms with Gasteiger partial charge in [-0.25, -0.2) is 4.98 Å². The first kappa shape index (κ1) is 18.4. The number of thiocarbonyl (C=S) groups is 1. The maximum absolute atomic E-state index is 12.0. The lowest BCUT2D eigenvalue weighted by Crippen LogP contribution is -2.41. The normalized spacial score (nSPS) is 11.4. The molecule has 0 aliphatic heterocycles. The van der Waals surface area contributed by atoms with Crippen molar-refractivity contribution in [2.75, 3.05) is 5.32 Å². The van der Waals surface area contributed by atoms with Crippen molar-refractivity contribution < 1.29 is 9.21 Å². The van der Waals surface area contributed by atoms with E-state index in [9.17, 15) is 4.79 Å². The molecule has 2 N–H and O–H groups in total. The highest BCUT2D eigenvalue weighted by molar-refractivity contribution is 7.80. The van der Waals surface area contributed by atoms with Crippen LogP contribution >= 0.6 is 23.8 Å². The molecule has 26 heavy (non-hydrogen) atoms. The van der Waals surface area contributed by atoms with Crippen LogP contribution in [-0.4, -0.2) is 16.0 Å². The molecule has 134 valence electrons. The molecule has 0 saturated heterocycles. The fraction of sp³-hybridized carbons (Fsp3) is 0.211. The number of nitrogens with one attached hydrogen (secondary N) is 2. The highest BCUT2D eigenvalue weighted by atomic mass is 35.5. The lowest BCUT2D eigenvalue weighted by molar-refractivity contribution is -0.126. The van der Waals surface area contributed by atoms with Crippen LogP contribution in [0.2, 0.25) is 5.02 Å². The number of carbonyl (C=O) groups excluding carboxylic acids is 1. The molecule has 0 unspecified atom stereocenters. The van der Waals surface area contributed by atoms with Gasteiger partial charge in [0.05, 0.1) is 10.6 Å². The number of carbonyl (C=O) groups is 1. The van der Waals surface area contributed by atoms with Crippen LogP contribution in [0.4, 0.5) is 5.69 Å². The van der Waals surface area contributed by atoms with Crippen molar-refractivity contribution in [1.82, 2.24) is 10.3 Å². The number of hydrogen-bond acceptors (Lipinski definition) is 4. The molecule has 0 saturated carbocycles. The molecule has 1 aromatic heterocycles. The number of hydrogen-bond donors (Lipinski definition) is 2. The molecule has 0 aliphatic carbocycles. The van der Waals surface area contributed by atoms with E-state index in [-0.39, 0.29) is 11.0 Å². The smallest absolute Gasteiger partial charge is 0.231 e. The van der Waals surface area contributed by atoms with Crippen LogP contribution in [0.3, 0.4) is 0 Å². The second-order valence-corrected chi connectivity index (χ2v) is 7.66. The fourth-order valence-corrected chi connectivity index (χ4v) is 2.64. The van der Waals surface area contributed by atoms with Crippen LogP contribution in [0.25, 0.3) is 22.6 Å². The standard InChI is InChI=1S/C19H18ClN3O2S/c1-19(2,3)17(24)23-18(26)21-11-8-9-15-14(10-11)22-16(25-15)12-6-4-5-7-13(12)20/h4-10H,1-3H3,(H2,21,23,24,26). The van der Waals surface area contributed by atoms with Crippen LogP contribution in [0, 0.1) is 5.41 Å². The Labute approximate surface area is 161 Å². The lowest BCUT2D eigenvalue weighted by atomic mass is 9.96. The molecular weight excluding hydrogens is 370 g/mol. The van der Waals surface area contributed by atoms with Crippen molar-refractivity contribution in [3.05, 3.63) is 47.5 Å². The third kappa shape index (κ3) is 4.03. The monoisotopic (exact) mass is 387 g/mol. The predicted molar refractivity (Wildman–Crippen MR) is 108 cm³/mol. The van der Waals surface area contributed by atoms with Crippen molar-refractivity contribution in [1.29, 1.82) is 0 Å². The highest BCUT2D eigenvalue weighted by Gasteiger charge is 2.22. The van der Waals surface area contributed by atoms with E-state index in [0.29, 0.717) is 27.7 Å². The van der Waals surface area contributed by atoms with Crippen LogP contribution in [0.5, 0.6) is 0 Å². The largest absolute Gasteiger partial charge is 0.436 e. The van der Waals surface area contributed by atoms with Gasteiger partial charge in [-0.3, -0.25) is 4.79 Å². The summed E-state index contributed by atoms with van der Waals surface area (Å²) in [5.74, 6) is 0.296. The molecule has 7 heteroatoms. The van der Waals surface area contributed by atoms with Crippen LogP contribution in [0.1, 0.15) is 20.8 Å². The van der Waals surface area contributed by atoms with E-state index in [4.69, 9.17) is 28.2 Å². The van der Waals surface area contributed by atoms with Crippen molar-refractivity contribution in [3.8, 4) is 11.5 Å². The average Bonchev–Trinajstić information content (AvgIpc) is 2.97. The minimum Gasteiger partial charge on any atom is -0.436 e. The summed E-state index contributed by atoms with van der Waals surface area (Å²) in [5.41, 5.74) is 2.21. The van der Waals surface area contributed by atoms with E-state index in [2.05, 4.69) is 15.6 Å². The number of amides is 1. The molecule has 0 bridgehead atoms. The van der Waals surface area contributed by atoms with Gasteiger partial charge >= 0.3 is 0 Å². The third-order valence-electron chi connectivity index (χ3n) is 3.66. The number of halogens is 1. The van der Waals surface area contributed by atoms with Gasteiger partial charge in [-0.1, -0.05) is 44.5 Å². The number of benzene rings is 2. The number of anilines is 1. The summed E-state index contributed by atoms with van der Waals surface area (Å²) in [7, 11) is 0. The van der Waals surface area contributed by atoms with Crippen molar-refractivity contribution in [3.63, 3.8) is 0 Å².